The topological polar surface area (TPSA) is 98.1 Å². The van der Waals surface area contributed by atoms with Crippen molar-refractivity contribution >= 4 is 23.4 Å². The molecule has 2 rings (SSSR count). The third kappa shape index (κ3) is 2.44. The number of aliphatic hydroxyl groups is 1. The molecule has 0 bridgehead atoms. The molecule has 0 spiro atoms. The van der Waals surface area contributed by atoms with Gasteiger partial charge in [-0.3, -0.25) is 5.41 Å². The smallest absolute Gasteiger partial charge is 0.169 e. The van der Waals surface area contributed by atoms with E-state index in [1.165, 1.54) is 0 Å². The summed E-state index contributed by atoms with van der Waals surface area (Å²) in [6, 6.07) is 6.90. The second kappa shape index (κ2) is 5.07. The number of nitrogens with zero attached hydrogens (tertiary/aromatic N) is 3. The highest BCUT2D eigenvalue weighted by Crippen LogP contribution is 2.17. The van der Waals surface area contributed by atoms with Gasteiger partial charge in [-0.1, -0.05) is 12.1 Å². The van der Waals surface area contributed by atoms with Gasteiger partial charge in [0.05, 0.1) is 11.9 Å². The first-order chi connectivity index (χ1) is 8.61. The fraction of sp³-hybridized carbons (Fsp3) is 0.250. The number of hydrogen-bond acceptors (Lipinski definition) is 5. The van der Waals surface area contributed by atoms with Crippen LogP contribution in [-0.2, 0) is 0 Å². The average molecular weight is 245 g/mol. The Morgan fingerprint density at radius 1 is 1.44 bits per heavy atom. The van der Waals surface area contributed by atoms with Crippen molar-refractivity contribution < 1.29 is 5.11 Å². The summed E-state index contributed by atoms with van der Waals surface area (Å²) in [7, 11) is 0. The van der Waals surface area contributed by atoms with Gasteiger partial charge in [0.25, 0.3) is 0 Å². The molecule has 6 heteroatoms. The van der Waals surface area contributed by atoms with Gasteiger partial charge < -0.3 is 10.8 Å². The van der Waals surface area contributed by atoms with E-state index in [1.54, 1.807) is 35.5 Å². The molecule has 0 aromatic heterocycles. The van der Waals surface area contributed by atoms with E-state index in [0.717, 1.165) is 0 Å². The van der Waals surface area contributed by atoms with Gasteiger partial charge in [-0.25, -0.2) is 10.0 Å². The first-order valence-electron chi connectivity index (χ1n) is 5.64. The number of aliphatic imine (C=N–C) groups is 1. The zero-order valence-electron chi connectivity index (χ0n) is 10.0. The van der Waals surface area contributed by atoms with Crippen LogP contribution in [0.2, 0.25) is 0 Å². The second-order valence-electron chi connectivity index (χ2n) is 3.84. The lowest BCUT2D eigenvalue weighted by molar-refractivity contribution is 0.186. The minimum atomic E-state index is -0.978. The lowest BCUT2D eigenvalue weighted by Gasteiger charge is -2.09. The maximum Gasteiger partial charge on any atom is 0.169 e. The Hall–Kier alpha value is -2.05. The number of nitrogens with two attached hydrogens (primary N) is 1. The summed E-state index contributed by atoms with van der Waals surface area (Å²) < 4.78 is 0. The van der Waals surface area contributed by atoms with Gasteiger partial charge in [-0.05, 0) is 24.6 Å². The molecule has 1 atom stereocenters. The molecule has 0 amide bonds. The van der Waals surface area contributed by atoms with Crippen molar-refractivity contribution in [2.24, 2.45) is 15.8 Å². The van der Waals surface area contributed by atoms with E-state index in [0.29, 0.717) is 29.3 Å². The molecular weight excluding hydrogens is 230 g/mol. The van der Waals surface area contributed by atoms with Gasteiger partial charge in [0, 0.05) is 6.54 Å². The van der Waals surface area contributed by atoms with Crippen LogP contribution in [0.15, 0.2) is 34.4 Å². The van der Waals surface area contributed by atoms with Gasteiger partial charge in [0.1, 0.15) is 11.9 Å². The highest BCUT2D eigenvalue weighted by atomic mass is 16.3. The molecule has 1 unspecified atom stereocenters. The minimum Gasteiger partial charge on any atom is -0.375 e. The third-order valence-corrected chi connectivity index (χ3v) is 2.60. The largest absolute Gasteiger partial charge is 0.375 e. The maximum atomic E-state index is 9.19. The maximum absolute atomic E-state index is 9.19. The first kappa shape index (κ1) is 12.4. The summed E-state index contributed by atoms with van der Waals surface area (Å²) >= 11 is 0. The number of nitrogens with one attached hydrogen (secondary N) is 1. The highest BCUT2D eigenvalue weighted by Gasteiger charge is 2.18. The lowest BCUT2D eigenvalue weighted by atomic mass is 10.2. The molecule has 0 saturated carbocycles. The van der Waals surface area contributed by atoms with E-state index in [1.807, 2.05) is 6.92 Å². The van der Waals surface area contributed by atoms with Crippen molar-refractivity contribution in [3.8, 4) is 0 Å². The third-order valence-electron chi connectivity index (χ3n) is 2.60. The van der Waals surface area contributed by atoms with E-state index in [4.69, 9.17) is 11.1 Å². The zero-order valence-corrected chi connectivity index (χ0v) is 10.0. The normalized spacial score (nSPS) is 18.7. The van der Waals surface area contributed by atoms with Gasteiger partial charge in [-0.15, -0.1) is 0 Å². The van der Waals surface area contributed by atoms with Crippen molar-refractivity contribution in [3.63, 3.8) is 0 Å². The molecule has 1 aromatic rings. The molecular formula is C12H15N5O. The minimum absolute atomic E-state index is 0.292. The molecule has 1 heterocycles. The van der Waals surface area contributed by atoms with Gasteiger partial charge in [0.15, 0.2) is 5.84 Å². The summed E-state index contributed by atoms with van der Waals surface area (Å²) in [5.41, 5.74) is 7.20. The molecule has 4 N–H and O–H groups in total. The van der Waals surface area contributed by atoms with Crippen LogP contribution in [0.4, 0.5) is 5.69 Å². The van der Waals surface area contributed by atoms with Crippen LogP contribution >= 0.6 is 0 Å². The van der Waals surface area contributed by atoms with Crippen molar-refractivity contribution in [1.82, 2.24) is 5.01 Å². The summed E-state index contributed by atoms with van der Waals surface area (Å²) in [6.45, 7) is 2.57. The van der Waals surface area contributed by atoms with Crippen LogP contribution in [0.3, 0.4) is 0 Å². The number of benzene rings is 1. The monoisotopic (exact) mass is 245 g/mol. The van der Waals surface area contributed by atoms with E-state index in [9.17, 15) is 5.11 Å². The van der Waals surface area contributed by atoms with Crippen molar-refractivity contribution in [3.05, 3.63) is 29.8 Å². The summed E-state index contributed by atoms with van der Waals surface area (Å²) in [5, 5.41) is 22.6. The quantitative estimate of drug-likeness (QED) is 0.693. The molecule has 6 nitrogen and oxygen atoms in total. The Kier molecular flexibility index (Phi) is 3.50. The Labute approximate surface area is 105 Å². The Balaban J connectivity index is 2.19. The SMILES string of the molecule is CCN1N=CC(=Nc2ccc(C(N)O)cc2)C1=N. The van der Waals surface area contributed by atoms with Gasteiger partial charge in [0.2, 0.25) is 0 Å². The molecule has 1 aliphatic rings. The van der Waals surface area contributed by atoms with Gasteiger partial charge >= 0.3 is 0 Å². The van der Waals surface area contributed by atoms with Crippen molar-refractivity contribution in [2.75, 3.05) is 6.54 Å². The lowest BCUT2D eigenvalue weighted by Crippen LogP contribution is -2.25. The fourth-order valence-corrected chi connectivity index (χ4v) is 1.58. The highest BCUT2D eigenvalue weighted by molar-refractivity contribution is 6.63. The number of hydrazone groups is 1. The van der Waals surface area contributed by atoms with Crippen LogP contribution in [0.1, 0.15) is 18.7 Å². The van der Waals surface area contributed by atoms with E-state index in [2.05, 4.69) is 10.1 Å². The molecule has 94 valence electrons. The van der Waals surface area contributed by atoms with E-state index < -0.39 is 6.23 Å². The fourth-order valence-electron chi connectivity index (χ4n) is 1.58. The van der Waals surface area contributed by atoms with Crippen molar-refractivity contribution in [2.45, 2.75) is 13.2 Å². The molecule has 1 aliphatic heterocycles. The first-order valence-corrected chi connectivity index (χ1v) is 5.64. The zero-order chi connectivity index (χ0) is 13.1. The average Bonchev–Trinajstić information content (AvgIpc) is 2.71. The Morgan fingerprint density at radius 2 is 2.11 bits per heavy atom. The molecule has 18 heavy (non-hydrogen) atoms. The van der Waals surface area contributed by atoms with Crippen LogP contribution in [0, 0.1) is 5.41 Å². The van der Waals surface area contributed by atoms with E-state index >= 15 is 0 Å². The predicted octanol–water partition coefficient (Wildman–Crippen LogP) is 1.01. The predicted molar refractivity (Wildman–Crippen MR) is 71.3 cm³/mol. The number of aliphatic hydroxyl groups excluding tert-OH is 1. The Bertz CT molecular complexity index is 504. The van der Waals surface area contributed by atoms with Crippen LogP contribution in [0.25, 0.3) is 0 Å². The molecule has 0 fully saturated rings. The number of rotatable bonds is 3. The number of amidine groups is 1. The second-order valence-corrected chi connectivity index (χ2v) is 3.84. The molecule has 0 aliphatic carbocycles. The summed E-state index contributed by atoms with van der Waals surface area (Å²) in [4.78, 5) is 4.32. The van der Waals surface area contributed by atoms with Gasteiger partial charge in [-0.2, -0.15) is 5.10 Å². The van der Waals surface area contributed by atoms with Crippen LogP contribution in [0.5, 0.6) is 0 Å². The van der Waals surface area contributed by atoms with Crippen molar-refractivity contribution in [1.29, 1.82) is 5.41 Å². The standard InChI is InChI=1S/C12H15N5O/c1-2-17-11(13)10(7-15-17)16-9-5-3-8(4-6-9)12(14)18/h3-7,12-13,18H,2,14H2,1H3. The molecule has 0 radical (unpaired) electrons. The van der Waals surface area contributed by atoms with E-state index in [-0.39, 0.29) is 0 Å². The van der Waals surface area contributed by atoms with Crippen LogP contribution < -0.4 is 5.73 Å². The summed E-state index contributed by atoms with van der Waals surface area (Å²) in [5.74, 6) is 0.292. The molecule has 0 saturated heterocycles. The van der Waals surface area contributed by atoms with Crippen LogP contribution in [-0.4, -0.2) is 34.4 Å². The number of hydrogen-bond donors (Lipinski definition) is 3. The summed E-state index contributed by atoms with van der Waals surface area (Å²) in [6.07, 6.45) is 0.589. The molecule has 1 aromatic carbocycles. The Morgan fingerprint density at radius 3 is 2.61 bits per heavy atom.